The quantitative estimate of drug-likeness (QED) is 0.0420. The van der Waals surface area contributed by atoms with E-state index in [9.17, 15) is 19.2 Å². The number of nitrogens with one attached hydrogen (secondary N) is 2. The highest BCUT2D eigenvalue weighted by molar-refractivity contribution is 5.89. The summed E-state index contributed by atoms with van der Waals surface area (Å²) in [5.41, 5.74) is 0. The Kier molecular flexibility index (Phi) is 65.6. The molecule has 0 aromatic rings. The average molecular weight is 1160 g/mol. The molecule has 0 aromatic carbocycles. The van der Waals surface area contributed by atoms with Crippen molar-refractivity contribution in [1.82, 2.24) is 15.5 Å². The third-order valence-electron chi connectivity index (χ3n) is 9.81. The van der Waals surface area contributed by atoms with E-state index in [-0.39, 0.29) is 58.8 Å². The van der Waals surface area contributed by atoms with Crippen LogP contribution in [0.4, 0.5) is 0 Å². The molecule has 470 valence electrons. The fourth-order valence-electron chi connectivity index (χ4n) is 5.82. The number of carbonyl (C=O) groups is 4. The van der Waals surface area contributed by atoms with Crippen LogP contribution in [0.5, 0.6) is 0 Å². The Morgan fingerprint density at radius 1 is 0.362 bits per heavy atom. The lowest BCUT2D eigenvalue weighted by atomic mass is 10.2. The first-order valence-electron chi connectivity index (χ1n) is 27.7. The molecule has 0 rings (SSSR count). The highest BCUT2D eigenvalue weighted by atomic mass is 16.6. The summed E-state index contributed by atoms with van der Waals surface area (Å²) in [5, 5.41) is 5.38. The molecule has 0 fully saturated rings. The van der Waals surface area contributed by atoms with Crippen LogP contribution < -0.4 is 10.6 Å². The van der Waals surface area contributed by atoms with Crippen molar-refractivity contribution in [3.05, 3.63) is 0 Å². The van der Waals surface area contributed by atoms with E-state index in [1.165, 1.54) is 0 Å². The van der Waals surface area contributed by atoms with E-state index < -0.39 is 17.7 Å². The zero-order chi connectivity index (χ0) is 57.8. The van der Waals surface area contributed by atoms with Gasteiger partial charge in [-0.25, -0.2) is 0 Å². The van der Waals surface area contributed by atoms with Crippen LogP contribution in [0, 0.1) is 12.3 Å². The number of terminal acetylenes is 1. The first kappa shape index (κ1) is 76.8. The van der Waals surface area contributed by atoms with Crippen LogP contribution in [-0.4, -0.2) is 320 Å². The molecule has 0 aliphatic carbocycles. The highest BCUT2D eigenvalue weighted by Gasteiger charge is 2.20. The van der Waals surface area contributed by atoms with Gasteiger partial charge in [-0.15, -0.1) is 6.42 Å². The van der Waals surface area contributed by atoms with Gasteiger partial charge in [0.05, 0.1) is 251 Å². The number of unbranched alkanes of at least 4 members (excludes halogenated alkanes) is 1. The predicted octanol–water partition coefficient (Wildman–Crippen LogP) is -0.988. The minimum absolute atomic E-state index is 0.0234. The monoisotopic (exact) mass is 1160 g/mol. The molecule has 0 aromatic heterocycles. The Hall–Kier alpha value is -3.16. The first-order valence-corrected chi connectivity index (χ1v) is 27.7. The summed E-state index contributed by atoms with van der Waals surface area (Å²) in [5.74, 6) is 1.07. The lowest BCUT2D eigenvalue weighted by Crippen LogP contribution is -2.46. The Morgan fingerprint density at radius 2 is 0.588 bits per heavy atom. The van der Waals surface area contributed by atoms with Crippen molar-refractivity contribution in [3.8, 4) is 12.3 Å². The fraction of sp³-hybridized carbons (Fsp3) is 0.887. The van der Waals surface area contributed by atoms with Crippen molar-refractivity contribution in [1.29, 1.82) is 0 Å². The molecule has 3 amide bonds. The van der Waals surface area contributed by atoms with Gasteiger partial charge in [-0.1, -0.05) is 5.92 Å². The molecule has 2 N–H and O–H groups in total. The van der Waals surface area contributed by atoms with Crippen LogP contribution in [0.1, 0.15) is 19.3 Å². The summed E-state index contributed by atoms with van der Waals surface area (Å²) in [6.07, 6.45) is 6.34. The van der Waals surface area contributed by atoms with Gasteiger partial charge in [0.2, 0.25) is 17.7 Å². The normalized spacial score (nSPS) is 11.3. The van der Waals surface area contributed by atoms with Gasteiger partial charge < -0.3 is 115 Å². The minimum atomic E-state index is -0.453. The molecule has 0 atom stereocenters. The van der Waals surface area contributed by atoms with Crippen LogP contribution in [0.25, 0.3) is 0 Å². The number of hydrogen-bond acceptors (Lipinski definition) is 24. The number of aldehydes is 1. The van der Waals surface area contributed by atoms with Crippen LogP contribution in [0.2, 0.25) is 0 Å². The van der Waals surface area contributed by atoms with E-state index >= 15 is 0 Å². The molecule has 0 spiro atoms. The molecular formula is C53H99N3O24. The SMILES string of the molecule is C#CCOCCOCCOCCOCCOCCOCCOCCOCCNC(=O)CN(CC(=O)NCCOCCOCCOCCOCCOCCOCCOCCOCCOCCOCCOCCOC)C(=O)CCCC=O. The molecular weight excluding hydrogens is 1060 g/mol. The number of rotatable bonds is 69. The largest absolute Gasteiger partial charge is 0.382 e. The summed E-state index contributed by atoms with van der Waals surface area (Å²) in [6.45, 7) is 16.7. The lowest BCUT2D eigenvalue weighted by molar-refractivity contribution is -0.139. The van der Waals surface area contributed by atoms with Gasteiger partial charge in [0.1, 0.15) is 26.0 Å². The highest BCUT2D eigenvalue weighted by Crippen LogP contribution is 2.01. The Morgan fingerprint density at radius 3 is 0.812 bits per heavy atom. The molecule has 27 heteroatoms. The molecule has 0 saturated heterocycles. The summed E-state index contributed by atoms with van der Waals surface area (Å²) in [6, 6.07) is 0. The molecule has 0 radical (unpaired) electrons. The summed E-state index contributed by atoms with van der Waals surface area (Å²) in [4.78, 5) is 50.0. The molecule has 0 aliphatic heterocycles. The van der Waals surface area contributed by atoms with Gasteiger partial charge in [-0.05, 0) is 6.42 Å². The Labute approximate surface area is 474 Å². The van der Waals surface area contributed by atoms with E-state index in [2.05, 4.69) is 16.6 Å². The van der Waals surface area contributed by atoms with Crippen molar-refractivity contribution in [2.45, 2.75) is 19.3 Å². The fourth-order valence-corrected chi connectivity index (χ4v) is 5.82. The van der Waals surface area contributed by atoms with Crippen LogP contribution in [-0.2, 0) is 114 Å². The third kappa shape index (κ3) is 64.0. The second-order valence-corrected chi connectivity index (χ2v) is 16.3. The zero-order valence-electron chi connectivity index (χ0n) is 47.9. The number of amides is 3. The lowest BCUT2D eigenvalue weighted by Gasteiger charge is -2.22. The van der Waals surface area contributed by atoms with Gasteiger partial charge in [0.15, 0.2) is 0 Å². The molecule has 80 heavy (non-hydrogen) atoms. The second kappa shape index (κ2) is 68.3. The predicted molar refractivity (Wildman–Crippen MR) is 289 cm³/mol. The molecule has 0 heterocycles. The molecule has 0 bridgehead atoms. The maximum absolute atomic E-state index is 12.8. The number of methoxy groups -OCH3 is 1. The summed E-state index contributed by atoms with van der Waals surface area (Å²) in [7, 11) is 1.64. The molecule has 0 unspecified atom stereocenters. The van der Waals surface area contributed by atoms with Gasteiger partial charge in [0, 0.05) is 33.0 Å². The molecule has 0 aliphatic rings. The number of carbonyl (C=O) groups excluding carboxylic acids is 4. The summed E-state index contributed by atoms with van der Waals surface area (Å²) < 4.78 is 108. The van der Waals surface area contributed by atoms with Crippen molar-refractivity contribution < 1.29 is 114 Å². The van der Waals surface area contributed by atoms with E-state index in [1.54, 1.807) is 7.11 Å². The van der Waals surface area contributed by atoms with Gasteiger partial charge in [-0.2, -0.15) is 0 Å². The second-order valence-electron chi connectivity index (χ2n) is 16.3. The van der Waals surface area contributed by atoms with Gasteiger partial charge in [0.25, 0.3) is 0 Å². The standard InChI is InChI=1S/C53H99N3O24/c1-3-10-62-15-18-66-23-26-70-31-34-74-39-40-75-35-32-71-27-24-67-19-16-63-11-7-54-51(58)49-56(53(60)6-4-5-9-57)50-52(59)55-8-12-64-17-20-68-25-28-72-33-36-76-41-42-78-45-46-80-48-47-79-44-43-77-38-37-73-30-29-69-22-21-65-14-13-61-2/h1,9H,4-8,10-50H2,2H3,(H,54,58)(H,55,59). The number of nitrogens with zero attached hydrogens (tertiary/aromatic N) is 1. The average Bonchev–Trinajstić information content (AvgIpc) is 3.45. The zero-order valence-corrected chi connectivity index (χ0v) is 47.9. The summed E-state index contributed by atoms with van der Waals surface area (Å²) >= 11 is 0. The van der Waals surface area contributed by atoms with E-state index in [0.29, 0.717) is 251 Å². The Balaban J connectivity index is 3.65. The molecule has 27 nitrogen and oxygen atoms in total. The van der Waals surface area contributed by atoms with E-state index in [0.717, 1.165) is 4.90 Å². The third-order valence-corrected chi connectivity index (χ3v) is 9.81. The van der Waals surface area contributed by atoms with E-state index in [1.807, 2.05) is 0 Å². The number of hydrogen-bond donors (Lipinski definition) is 2. The molecule has 0 saturated carbocycles. The minimum Gasteiger partial charge on any atom is -0.382 e. The maximum atomic E-state index is 12.8. The van der Waals surface area contributed by atoms with Gasteiger partial charge in [-0.3, -0.25) is 14.4 Å². The topological polar surface area (TPSA) is 280 Å². The smallest absolute Gasteiger partial charge is 0.239 e. The van der Waals surface area contributed by atoms with Crippen molar-refractivity contribution >= 4 is 24.0 Å². The van der Waals surface area contributed by atoms with Gasteiger partial charge >= 0.3 is 0 Å². The maximum Gasteiger partial charge on any atom is 0.239 e. The number of ether oxygens (including phenoxy) is 20. The Bertz CT molecular complexity index is 1360. The van der Waals surface area contributed by atoms with E-state index in [4.69, 9.17) is 101 Å². The van der Waals surface area contributed by atoms with Crippen molar-refractivity contribution in [2.75, 3.05) is 291 Å². The van der Waals surface area contributed by atoms with Crippen LogP contribution >= 0.6 is 0 Å². The first-order chi connectivity index (χ1) is 39.5. The van der Waals surface area contributed by atoms with Crippen molar-refractivity contribution in [2.24, 2.45) is 0 Å². The van der Waals surface area contributed by atoms with Crippen LogP contribution in [0.15, 0.2) is 0 Å². The van der Waals surface area contributed by atoms with Crippen molar-refractivity contribution in [3.63, 3.8) is 0 Å². The van der Waals surface area contributed by atoms with Crippen LogP contribution in [0.3, 0.4) is 0 Å².